The van der Waals surface area contributed by atoms with Crippen molar-refractivity contribution >= 4 is 27.0 Å². The molecule has 3 nitrogen and oxygen atoms in total. The van der Waals surface area contributed by atoms with Gasteiger partial charge in [-0.1, -0.05) is 15.9 Å². The van der Waals surface area contributed by atoms with Gasteiger partial charge in [-0.2, -0.15) is 0 Å². The first-order chi connectivity index (χ1) is 7.20. The summed E-state index contributed by atoms with van der Waals surface area (Å²) in [5.74, 6) is 0.702. The van der Waals surface area contributed by atoms with Gasteiger partial charge in [0.05, 0.1) is 0 Å². The largest absolute Gasteiger partial charge is 0.441 e. The summed E-state index contributed by atoms with van der Waals surface area (Å²) in [6.07, 6.45) is 1.96. The Morgan fingerprint density at radius 3 is 3.00 bits per heavy atom. The van der Waals surface area contributed by atoms with Crippen molar-refractivity contribution in [2.45, 2.75) is 19.8 Å². The average Bonchev–Trinajstić information content (AvgIpc) is 2.53. The van der Waals surface area contributed by atoms with Crippen LogP contribution in [0.2, 0.25) is 0 Å². The van der Waals surface area contributed by atoms with Gasteiger partial charge in [-0.3, -0.25) is 0 Å². The Labute approximate surface area is 96.8 Å². The van der Waals surface area contributed by atoms with Crippen LogP contribution in [0.15, 0.2) is 21.0 Å². The van der Waals surface area contributed by atoms with E-state index in [-0.39, 0.29) is 0 Å². The van der Waals surface area contributed by atoms with E-state index in [4.69, 9.17) is 10.2 Å². The van der Waals surface area contributed by atoms with Crippen LogP contribution in [0.3, 0.4) is 0 Å². The van der Waals surface area contributed by atoms with E-state index in [0.717, 1.165) is 28.4 Å². The molecule has 4 heteroatoms. The standard InChI is InChI=1S/C11H13BrN2O/c1-7-14-10-5-8(3-2-4-13)9(12)6-11(10)15-7/h5-6H,2-4,13H2,1H3. The fourth-order valence-corrected chi connectivity index (χ4v) is 2.11. The van der Waals surface area contributed by atoms with Crippen LogP contribution in [0, 0.1) is 6.92 Å². The number of hydrogen-bond donors (Lipinski definition) is 1. The summed E-state index contributed by atoms with van der Waals surface area (Å²) in [6, 6.07) is 4.03. The second-order valence-electron chi connectivity index (χ2n) is 3.54. The second-order valence-corrected chi connectivity index (χ2v) is 4.39. The molecule has 0 fully saturated rings. The van der Waals surface area contributed by atoms with E-state index in [0.29, 0.717) is 12.4 Å². The SMILES string of the molecule is Cc1nc2cc(CCCN)c(Br)cc2o1. The lowest BCUT2D eigenvalue weighted by molar-refractivity contribution is 0.561. The molecule has 0 radical (unpaired) electrons. The van der Waals surface area contributed by atoms with E-state index in [1.807, 2.05) is 13.0 Å². The van der Waals surface area contributed by atoms with Crippen LogP contribution in [-0.4, -0.2) is 11.5 Å². The number of hydrogen-bond acceptors (Lipinski definition) is 3. The minimum absolute atomic E-state index is 0.702. The third-order valence-electron chi connectivity index (χ3n) is 2.31. The first kappa shape index (κ1) is 10.6. The van der Waals surface area contributed by atoms with Gasteiger partial charge >= 0.3 is 0 Å². The Kier molecular flexibility index (Phi) is 3.07. The molecule has 0 spiro atoms. The number of aromatic nitrogens is 1. The van der Waals surface area contributed by atoms with Crippen molar-refractivity contribution in [1.82, 2.24) is 4.98 Å². The maximum absolute atomic E-state index is 5.49. The molecule has 15 heavy (non-hydrogen) atoms. The van der Waals surface area contributed by atoms with Crippen molar-refractivity contribution < 1.29 is 4.42 Å². The fraction of sp³-hybridized carbons (Fsp3) is 0.364. The van der Waals surface area contributed by atoms with Gasteiger partial charge in [-0.25, -0.2) is 4.98 Å². The lowest BCUT2D eigenvalue weighted by Crippen LogP contribution is -2.00. The van der Waals surface area contributed by atoms with Gasteiger partial charge in [0.25, 0.3) is 0 Å². The Hall–Kier alpha value is -0.870. The molecule has 2 rings (SSSR count). The van der Waals surface area contributed by atoms with Crippen molar-refractivity contribution in [3.63, 3.8) is 0 Å². The van der Waals surface area contributed by atoms with Crippen LogP contribution < -0.4 is 5.73 Å². The van der Waals surface area contributed by atoms with Crippen LogP contribution >= 0.6 is 15.9 Å². The zero-order chi connectivity index (χ0) is 10.8. The number of benzene rings is 1. The van der Waals surface area contributed by atoms with Crippen molar-refractivity contribution in [2.75, 3.05) is 6.54 Å². The van der Waals surface area contributed by atoms with E-state index < -0.39 is 0 Å². The van der Waals surface area contributed by atoms with Gasteiger partial charge in [0, 0.05) is 11.4 Å². The Morgan fingerprint density at radius 1 is 1.47 bits per heavy atom. The normalized spacial score (nSPS) is 11.1. The molecule has 0 aliphatic rings. The monoisotopic (exact) mass is 268 g/mol. The molecule has 80 valence electrons. The molecule has 2 aromatic rings. The third-order valence-corrected chi connectivity index (χ3v) is 3.05. The van der Waals surface area contributed by atoms with Gasteiger partial charge < -0.3 is 10.2 Å². The van der Waals surface area contributed by atoms with E-state index in [9.17, 15) is 0 Å². The molecule has 0 amide bonds. The molecular formula is C11H13BrN2O. The van der Waals surface area contributed by atoms with Gasteiger partial charge in [0.1, 0.15) is 5.52 Å². The summed E-state index contributed by atoms with van der Waals surface area (Å²) in [4.78, 5) is 4.30. The highest BCUT2D eigenvalue weighted by Gasteiger charge is 2.07. The van der Waals surface area contributed by atoms with Crippen LogP contribution in [0.4, 0.5) is 0 Å². The van der Waals surface area contributed by atoms with Gasteiger partial charge in [0.2, 0.25) is 0 Å². The fourth-order valence-electron chi connectivity index (χ4n) is 1.59. The molecule has 0 unspecified atom stereocenters. The maximum Gasteiger partial charge on any atom is 0.192 e. The molecule has 0 aliphatic heterocycles. The van der Waals surface area contributed by atoms with Crippen molar-refractivity contribution in [1.29, 1.82) is 0 Å². The first-order valence-corrected chi connectivity index (χ1v) is 5.75. The van der Waals surface area contributed by atoms with Crippen LogP contribution in [0.25, 0.3) is 11.1 Å². The highest BCUT2D eigenvalue weighted by molar-refractivity contribution is 9.10. The van der Waals surface area contributed by atoms with Crippen molar-refractivity contribution in [3.05, 3.63) is 28.1 Å². The number of halogens is 1. The van der Waals surface area contributed by atoms with Gasteiger partial charge in [0.15, 0.2) is 11.5 Å². The molecule has 0 saturated heterocycles. The topological polar surface area (TPSA) is 52.0 Å². The number of nitrogens with zero attached hydrogens (tertiary/aromatic N) is 1. The number of rotatable bonds is 3. The summed E-state index contributed by atoms with van der Waals surface area (Å²) in [7, 11) is 0. The summed E-state index contributed by atoms with van der Waals surface area (Å²) in [5.41, 5.74) is 8.48. The summed E-state index contributed by atoms with van der Waals surface area (Å²) in [6.45, 7) is 2.57. The predicted octanol–water partition coefficient (Wildman–Crippen LogP) is 2.79. The highest BCUT2D eigenvalue weighted by atomic mass is 79.9. The molecular weight excluding hydrogens is 256 g/mol. The van der Waals surface area contributed by atoms with Gasteiger partial charge in [-0.05, 0) is 37.1 Å². The van der Waals surface area contributed by atoms with E-state index in [2.05, 4.69) is 27.0 Å². The van der Waals surface area contributed by atoms with Crippen LogP contribution in [0.1, 0.15) is 17.9 Å². The lowest BCUT2D eigenvalue weighted by atomic mass is 10.1. The Bertz CT molecular complexity index is 479. The van der Waals surface area contributed by atoms with E-state index >= 15 is 0 Å². The Balaban J connectivity index is 2.42. The summed E-state index contributed by atoms with van der Waals surface area (Å²) < 4.78 is 6.51. The van der Waals surface area contributed by atoms with E-state index in [1.165, 1.54) is 5.56 Å². The van der Waals surface area contributed by atoms with Crippen LogP contribution in [-0.2, 0) is 6.42 Å². The summed E-state index contributed by atoms with van der Waals surface area (Å²) in [5, 5.41) is 0. The molecule has 0 bridgehead atoms. The first-order valence-electron chi connectivity index (χ1n) is 4.96. The molecule has 1 aromatic carbocycles. The number of aryl methyl sites for hydroxylation is 2. The predicted molar refractivity (Wildman–Crippen MR) is 63.8 cm³/mol. The minimum Gasteiger partial charge on any atom is -0.441 e. The smallest absolute Gasteiger partial charge is 0.192 e. The number of fused-ring (bicyclic) bond motifs is 1. The molecule has 0 atom stereocenters. The summed E-state index contributed by atoms with van der Waals surface area (Å²) >= 11 is 3.53. The molecule has 1 heterocycles. The van der Waals surface area contributed by atoms with Crippen molar-refractivity contribution in [3.8, 4) is 0 Å². The maximum atomic E-state index is 5.49. The van der Waals surface area contributed by atoms with Gasteiger partial charge in [-0.15, -0.1) is 0 Å². The second kappa shape index (κ2) is 4.33. The quantitative estimate of drug-likeness (QED) is 0.932. The zero-order valence-corrected chi connectivity index (χ0v) is 10.2. The molecule has 2 N–H and O–H groups in total. The minimum atomic E-state index is 0.702. The average molecular weight is 269 g/mol. The third kappa shape index (κ3) is 2.21. The molecule has 1 aromatic heterocycles. The van der Waals surface area contributed by atoms with E-state index in [1.54, 1.807) is 0 Å². The molecule has 0 aliphatic carbocycles. The lowest BCUT2D eigenvalue weighted by Gasteiger charge is -2.02. The zero-order valence-electron chi connectivity index (χ0n) is 8.59. The number of oxazole rings is 1. The number of nitrogens with two attached hydrogens (primary N) is 1. The highest BCUT2D eigenvalue weighted by Crippen LogP contribution is 2.25. The van der Waals surface area contributed by atoms with Crippen molar-refractivity contribution in [2.24, 2.45) is 5.73 Å². The molecule has 0 saturated carbocycles. The Morgan fingerprint density at radius 2 is 2.27 bits per heavy atom. The van der Waals surface area contributed by atoms with Crippen LogP contribution in [0.5, 0.6) is 0 Å².